The second kappa shape index (κ2) is 8.53. The minimum Gasteiger partial charge on any atom is -0.490 e. The molecule has 1 heterocycles. The third-order valence-corrected chi connectivity index (χ3v) is 3.77. The predicted molar refractivity (Wildman–Crippen MR) is 104 cm³/mol. The third kappa shape index (κ3) is 4.73. The number of aryl methyl sites for hydroxylation is 1. The number of rotatable bonds is 7. The van der Waals surface area contributed by atoms with Crippen molar-refractivity contribution < 1.29 is 9.47 Å². The van der Waals surface area contributed by atoms with Crippen LogP contribution in [-0.4, -0.2) is 24.1 Å². The van der Waals surface area contributed by atoms with Crippen LogP contribution in [0.2, 0.25) is 0 Å². The maximum atomic E-state index is 12.0. The highest BCUT2D eigenvalue weighted by Gasteiger charge is 2.11. The molecule has 2 N–H and O–H groups in total. The standard InChI is InChI=1S/C18H20BrN3O3/c1-4-6-25-18-14(19)9-13(10-15(18)24-5-2)11-21-22-16(20)7-12(3)8-17(22)23/h4,7-11H,1,5-6,20H2,2-3H3/b21-11-. The van der Waals surface area contributed by atoms with Crippen molar-refractivity contribution in [1.29, 1.82) is 0 Å². The first-order valence-electron chi connectivity index (χ1n) is 7.69. The number of nitrogens with two attached hydrogens (primary N) is 1. The fraction of sp³-hybridized carbons (Fsp3) is 0.222. The van der Waals surface area contributed by atoms with E-state index in [9.17, 15) is 4.79 Å². The Labute approximate surface area is 154 Å². The van der Waals surface area contributed by atoms with Gasteiger partial charge in [-0.15, -0.1) is 0 Å². The summed E-state index contributed by atoms with van der Waals surface area (Å²) in [4.78, 5) is 12.0. The molecule has 1 aromatic heterocycles. The predicted octanol–water partition coefficient (Wildman–Crippen LogP) is 3.35. The van der Waals surface area contributed by atoms with Crippen molar-refractivity contribution in [2.24, 2.45) is 5.10 Å². The summed E-state index contributed by atoms with van der Waals surface area (Å²) in [5, 5.41) is 4.17. The first kappa shape index (κ1) is 18.8. The second-order valence-corrected chi connectivity index (χ2v) is 6.07. The summed E-state index contributed by atoms with van der Waals surface area (Å²) < 4.78 is 13.1. The molecule has 0 saturated heterocycles. The molecule has 1 aromatic carbocycles. The Morgan fingerprint density at radius 1 is 1.32 bits per heavy atom. The van der Waals surface area contributed by atoms with Crippen LogP contribution in [0.4, 0.5) is 5.82 Å². The Hall–Kier alpha value is -2.54. The van der Waals surface area contributed by atoms with Gasteiger partial charge in [-0.3, -0.25) is 4.79 Å². The Kier molecular flexibility index (Phi) is 6.41. The van der Waals surface area contributed by atoms with E-state index in [0.717, 1.165) is 15.8 Å². The lowest BCUT2D eigenvalue weighted by molar-refractivity contribution is 0.295. The molecular formula is C18H20BrN3O3. The normalized spacial score (nSPS) is 10.8. The highest BCUT2D eigenvalue weighted by molar-refractivity contribution is 9.10. The lowest BCUT2D eigenvalue weighted by Crippen LogP contribution is -2.19. The highest BCUT2D eigenvalue weighted by Crippen LogP contribution is 2.36. The minimum atomic E-state index is -0.288. The van der Waals surface area contributed by atoms with Gasteiger partial charge < -0.3 is 15.2 Å². The van der Waals surface area contributed by atoms with Gasteiger partial charge in [-0.05, 0) is 59.1 Å². The first-order chi connectivity index (χ1) is 12.0. The van der Waals surface area contributed by atoms with Gasteiger partial charge in [-0.1, -0.05) is 12.7 Å². The number of ether oxygens (including phenoxy) is 2. The maximum Gasteiger partial charge on any atom is 0.273 e. The molecule has 0 unspecified atom stereocenters. The van der Waals surface area contributed by atoms with E-state index in [-0.39, 0.29) is 11.4 Å². The Morgan fingerprint density at radius 3 is 2.72 bits per heavy atom. The molecule has 0 bridgehead atoms. The molecule has 6 nitrogen and oxygen atoms in total. The summed E-state index contributed by atoms with van der Waals surface area (Å²) in [5.74, 6) is 1.44. The quantitative estimate of drug-likeness (QED) is 0.565. The number of aromatic nitrogens is 1. The van der Waals surface area contributed by atoms with E-state index in [4.69, 9.17) is 15.2 Å². The molecule has 0 saturated carbocycles. The van der Waals surface area contributed by atoms with Crippen molar-refractivity contribution >= 4 is 28.0 Å². The molecular weight excluding hydrogens is 386 g/mol. The zero-order valence-corrected chi connectivity index (χ0v) is 15.7. The smallest absolute Gasteiger partial charge is 0.273 e. The van der Waals surface area contributed by atoms with Crippen LogP contribution in [0.1, 0.15) is 18.1 Å². The van der Waals surface area contributed by atoms with Crippen molar-refractivity contribution in [1.82, 2.24) is 4.68 Å². The van der Waals surface area contributed by atoms with Gasteiger partial charge in [0.05, 0.1) is 17.3 Å². The molecule has 0 fully saturated rings. The number of anilines is 1. The first-order valence-corrected chi connectivity index (χ1v) is 8.49. The fourth-order valence-corrected chi connectivity index (χ4v) is 2.75. The molecule has 0 amide bonds. The van der Waals surface area contributed by atoms with Crippen molar-refractivity contribution in [2.75, 3.05) is 18.9 Å². The monoisotopic (exact) mass is 405 g/mol. The molecule has 0 radical (unpaired) electrons. The van der Waals surface area contributed by atoms with Gasteiger partial charge in [0.2, 0.25) is 0 Å². The number of nitrogens with zero attached hydrogens (tertiary/aromatic N) is 2. The fourth-order valence-electron chi connectivity index (χ4n) is 2.17. The Bertz CT molecular complexity index is 859. The number of hydrogen-bond donors (Lipinski definition) is 1. The number of benzene rings is 1. The summed E-state index contributed by atoms with van der Waals surface area (Å²) in [5.41, 5.74) is 7.09. The summed E-state index contributed by atoms with van der Waals surface area (Å²) in [6, 6.07) is 6.76. The van der Waals surface area contributed by atoms with Crippen LogP contribution in [0.15, 0.2) is 51.3 Å². The molecule has 132 valence electrons. The number of pyridine rings is 1. The average Bonchev–Trinajstić information content (AvgIpc) is 2.53. The molecule has 2 rings (SSSR count). The van der Waals surface area contributed by atoms with Gasteiger partial charge in [0.1, 0.15) is 12.4 Å². The summed E-state index contributed by atoms with van der Waals surface area (Å²) >= 11 is 3.47. The number of nitrogen functional groups attached to an aromatic ring is 1. The summed E-state index contributed by atoms with van der Waals surface area (Å²) in [7, 11) is 0. The van der Waals surface area contributed by atoms with E-state index < -0.39 is 0 Å². The van der Waals surface area contributed by atoms with Crippen LogP contribution in [0.3, 0.4) is 0 Å². The maximum absolute atomic E-state index is 12.0. The van der Waals surface area contributed by atoms with Gasteiger partial charge in [0, 0.05) is 6.07 Å². The molecule has 7 heteroatoms. The topological polar surface area (TPSA) is 78.8 Å². The van der Waals surface area contributed by atoms with E-state index in [2.05, 4.69) is 27.6 Å². The molecule has 2 aromatic rings. The van der Waals surface area contributed by atoms with Gasteiger partial charge in [0.25, 0.3) is 5.56 Å². The van der Waals surface area contributed by atoms with Crippen molar-refractivity contribution in [3.8, 4) is 11.5 Å². The molecule has 0 aliphatic rings. The van der Waals surface area contributed by atoms with Crippen molar-refractivity contribution in [2.45, 2.75) is 13.8 Å². The largest absolute Gasteiger partial charge is 0.490 e. The van der Waals surface area contributed by atoms with Crippen LogP contribution in [0.25, 0.3) is 0 Å². The zero-order chi connectivity index (χ0) is 18.4. The van der Waals surface area contributed by atoms with Crippen molar-refractivity contribution in [3.63, 3.8) is 0 Å². The second-order valence-electron chi connectivity index (χ2n) is 5.21. The van der Waals surface area contributed by atoms with Gasteiger partial charge in [-0.2, -0.15) is 9.78 Å². The van der Waals surface area contributed by atoms with E-state index in [0.29, 0.717) is 29.2 Å². The lowest BCUT2D eigenvalue weighted by atomic mass is 10.2. The average molecular weight is 406 g/mol. The van der Waals surface area contributed by atoms with E-state index in [1.807, 2.05) is 13.0 Å². The number of hydrogen-bond acceptors (Lipinski definition) is 5. The summed E-state index contributed by atoms with van der Waals surface area (Å²) in [6.45, 7) is 8.18. The highest BCUT2D eigenvalue weighted by atomic mass is 79.9. The third-order valence-electron chi connectivity index (χ3n) is 3.18. The Balaban J connectivity index is 2.40. The zero-order valence-electron chi connectivity index (χ0n) is 14.2. The van der Waals surface area contributed by atoms with Gasteiger partial charge in [0.15, 0.2) is 11.5 Å². The lowest BCUT2D eigenvalue weighted by Gasteiger charge is -2.13. The van der Waals surface area contributed by atoms with Crippen LogP contribution in [0, 0.1) is 6.92 Å². The molecule has 0 aliphatic carbocycles. The van der Waals surface area contributed by atoms with Crippen LogP contribution >= 0.6 is 15.9 Å². The van der Waals surface area contributed by atoms with Crippen LogP contribution in [0.5, 0.6) is 11.5 Å². The molecule has 0 aliphatic heterocycles. The SMILES string of the molecule is C=CCOc1c(Br)cc(/C=N\n2c(N)cc(C)cc2=O)cc1OCC. The van der Waals surface area contributed by atoms with Crippen LogP contribution in [-0.2, 0) is 0 Å². The number of halogens is 1. The van der Waals surface area contributed by atoms with Gasteiger partial charge in [-0.25, -0.2) is 0 Å². The van der Waals surface area contributed by atoms with E-state index >= 15 is 0 Å². The van der Waals surface area contributed by atoms with E-state index in [1.54, 1.807) is 25.1 Å². The van der Waals surface area contributed by atoms with E-state index in [1.165, 1.54) is 12.3 Å². The van der Waals surface area contributed by atoms with Gasteiger partial charge >= 0.3 is 0 Å². The molecule has 0 spiro atoms. The van der Waals surface area contributed by atoms with Crippen molar-refractivity contribution in [3.05, 3.63) is 62.9 Å². The molecule has 25 heavy (non-hydrogen) atoms. The van der Waals surface area contributed by atoms with Crippen LogP contribution < -0.4 is 20.8 Å². The minimum absolute atomic E-state index is 0.274. The molecule has 0 atom stereocenters. The summed E-state index contributed by atoms with van der Waals surface area (Å²) in [6.07, 6.45) is 3.20. The Morgan fingerprint density at radius 2 is 2.08 bits per heavy atom.